The summed E-state index contributed by atoms with van der Waals surface area (Å²) in [6.45, 7) is 1.68. The molecule has 0 aliphatic heterocycles. The van der Waals surface area contributed by atoms with Gasteiger partial charge in [-0.25, -0.2) is 8.78 Å². The highest BCUT2D eigenvalue weighted by Crippen LogP contribution is 2.28. The molecule has 0 amide bonds. The minimum absolute atomic E-state index is 0.185. The lowest BCUT2D eigenvalue weighted by molar-refractivity contribution is 0.294. The van der Waals surface area contributed by atoms with Gasteiger partial charge in [0.1, 0.15) is 18.2 Å². The maximum atomic E-state index is 13.3. The maximum absolute atomic E-state index is 13.3. The van der Waals surface area contributed by atoms with Crippen molar-refractivity contribution in [3.63, 3.8) is 0 Å². The molecule has 0 aromatic heterocycles. The molecular formula is C14H11F2O2. The lowest BCUT2D eigenvalue weighted by atomic mass is 10.2. The van der Waals surface area contributed by atoms with E-state index in [1.807, 2.05) is 0 Å². The van der Waals surface area contributed by atoms with Crippen LogP contribution in [0.5, 0.6) is 11.5 Å². The minimum atomic E-state index is -0.799. The molecule has 0 saturated heterocycles. The van der Waals surface area contributed by atoms with Crippen LogP contribution in [0.2, 0.25) is 0 Å². The van der Waals surface area contributed by atoms with Gasteiger partial charge in [-0.15, -0.1) is 0 Å². The van der Waals surface area contributed by atoms with E-state index >= 15 is 0 Å². The van der Waals surface area contributed by atoms with Crippen molar-refractivity contribution >= 4 is 0 Å². The molecule has 0 fully saturated rings. The van der Waals surface area contributed by atoms with Crippen molar-refractivity contribution in [2.45, 2.75) is 13.5 Å². The summed E-state index contributed by atoms with van der Waals surface area (Å²) in [5, 5.41) is 11.0. The predicted octanol–water partition coefficient (Wildman–Crippen LogP) is 4.00. The third-order valence-electron chi connectivity index (χ3n) is 2.61. The second-order valence-corrected chi connectivity index (χ2v) is 3.92. The van der Waals surface area contributed by atoms with Gasteiger partial charge in [0.2, 0.25) is 5.75 Å². The van der Waals surface area contributed by atoms with Gasteiger partial charge in [-0.3, -0.25) is 5.11 Å². The molecule has 0 aliphatic rings. The highest BCUT2D eigenvalue weighted by molar-refractivity contribution is 5.40. The molecule has 0 spiro atoms. The number of hydrogen-bond donors (Lipinski definition) is 0. The molecule has 93 valence electrons. The average molecular weight is 249 g/mol. The van der Waals surface area contributed by atoms with E-state index in [1.54, 1.807) is 12.1 Å². The Hall–Kier alpha value is -2.10. The largest absolute Gasteiger partial charge is 0.489 e. The number of rotatable bonds is 3. The lowest BCUT2D eigenvalue weighted by Crippen LogP contribution is -1.98. The Kier molecular flexibility index (Phi) is 3.46. The number of ether oxygens (including phenoxy) is 1. The number of benzene rings is 2. The molecule has 4 heteroatoms. The summed E-state index contributed by atoms with van der Waals surface area (Å²) < 4.78 is 31.4. The fourth-order valence-electron chi connectivity index (χ4n) is 1.54. The van der Waals surface area contributed by atoms with Gasteiger partial charge in [0.25, 0.3) is 0 Å². The van der Waals surface area contributed by atoms with Gasteiger partial charge in [-0.2, -0.15) is 0 Å². The molecule has 18 heavy (non-hydrogen) atoms. The van der Waals surface area contributed by atoms with E-state index in [-0.39, 0.29) is 18.0 Å². The quantitative estimate of drug-likeness (QED) is 0.808. The summed E-state index contributed by atoms with van der Waals surface area (Å²) in [7, 11) is 0. The van der Waals surface area contributed by atoms with E-state index in [0.29, 0.717) is 5.75 Å². The second-order valence-electron chi connectivity index (χ2n) is 3.92. The number of hydrogen-bond acceptors (Lipinski definition) is 1. The van der Waals surface area contributed by atoms with Gasteiger partial charge in [0.05, 0.1) is 0 Å². The van der Waals surface area contributed by atoms with Crippen molar-refractivity contribution in [2.75, 3.05) is 0 Å². The zero-order valence-corrected chi connectivity index (χ0v) is 9.74. The maximum Gasteiger partial charge on any atom is 0.214 e. The Morgan fingerprint density at radius 3 is 2.39 bits per heavy atom. The topological polar surface area (TPSA) is 29.1 Å². The zero-order chi connectivity index (χ0) is 13.1. The SMILES string of the molecule is Cc1c(OCc2ccc(F)cc2)ccc([O])c1F. The summed E-state index contributed by atoms with van der Waals surface area (Å²) in [6, 6.07) is 8.39. The van der Waals surface area contributed by atoms with Gasteiger partial charge in [0, 0.05) is 5.56 Å². The van der Waals surface area contributed by atoms with Crippen LogP contribution in [0.4, 0.5) is 8.78 Å². The van der Waals surface area contributed by atoms with Crippen molar-refractivity contribution in [1.82, 2.24) is 0 Å². The Labute approximate surface area is 103 Å². The second kappa shape index (κ2) is 5.04. The van der Waals surface area contributed by atoms with Crippen molar-refractivity contribution in [2.24, 2.45) is 0 Å². The van der Waals surface area contributed by atoms with Gasteiger partial charge in [0.15, 0.2) is 5.82 Å². The third kappa shape index (κ3) is 2.59. The fraction of sp³-hybridized carbons (Fsp3) is 0.143. The molecule has 2 rings (SSSR count). The fourth-order valence-corrected chi connectivity index (χ4v) is 1.54. The molecule has 2 nitrogen and oxygen atoms in total. The van der Waals surface area contributed by atoms with Crippen molar-refractivity contribution in [1.29, 1.82) is 0 Å². The van der Waals surface area contributed by atoms with Crippen LogP contribution in [0.1, 0.15) is 11.1 Å². The van der Waals surface area contributed by atoms with Gasteiger partial charge >= 0.3 is 0 Å². The van der Waals surface area contributed by atoms with Crippen LogP contribution in [-0.2, 0) is 11.7 Å². The molecule has 0 unspecified atom stereocenters. The van der Waals surface area contributed by atoms with Crippen LogP contribution in [0.25, 0.3) is 0 Å². The molecule has 0 bridgehead atoms. The Morgan fingerprint density at radius 2 is 1.72 bits per heavy atom. The molecule has 0 atom stereocenters. The minimum Gasteiger partial charge on any atom is -0.489 e. The van der Waals surface area contributed by atoms with E-state index in [1.165, 1.54) is 25.1 Å². The normalized spacial score (nSPS) is 10.4. The molecule has 0 heterocycles. The molecule has 2 aromatic carbocycles. The third-order valence-corrected chi connectivity index (χ3v) is 2.61. The summed E-state index contributed by atoms with van der Waals surface area (Å²) in [5.41, 5.74) is 0.951. The van der Waals surface area contributed by atoms with E-state index in [9.17, 15) is 13.9 Å². The molecule has 0 aliphatic carbocycles. The lowest BCUT2D eigenvalue weighted by Gasteiger charge is -2.09. The summed E-state index contributed by atoms with van der Waals surface area (Å²) in [4.78, 5) is 0. The Morgan fingerprint density at radius 1 is 1.06 bits per heavy atom. The standard InChI is InChI=1S/C14H11F2O2/c1-9-13(7-6-12(17)14(9)16)18-8-10-2-4-11(15)5-3-10/h2-7H,8H2,1H3. The smallest absolute Gasteiger partial charge is 0.214 e. The monoisotopic (exact) mass is 249 g/mol. The first-order valence-electron chi connectivity index (χ1n) is 5.41. The van der Waals surface area contributed by atoms with Crippen molar-refractivity contribution < 1.29 is 18.6 Å². The average Bonchev–Trinajstić information content (AvgIpc) is 2.37. The zero-order valence-electron chi connectivity index (χ0n) is 9.74. The van der Waals surface area contributed by atoms with Crippen LogP contribution in [0, 0.1) is 18.6 Å². The highest BCUT2D eigenvalue weighted by Gasteiger charge is 2.11. The molecular weight excluding hydrogens is 238 g/mol. The number of halogens is 2. The first kappa shape index (κ1) is 12.4. The van der Waals surface area contributed by atoms with Crippen LogP contribution in [-0.4, -0.2) is 0 Å². The van der Waals surface area contributed by atoms with Crippen molar-refractivity contribution in [3.8, 4) is 11.5 Å². The van der Waals surface area contributed by atoms with Crippen LogP contribution < -0.4 is 4.74 Å². The first-order valence-corrected chi connectivity index (χ1v) is 5.41. The summed E-state index contributed by atoms with van der Waals surface area (Å²) in [5.74, 6) is -1.46. The first-order chi connectivity index (χ1) is 8.58. The molecule has 1 radical (unpaired) electrons. The van der Waals surface area contributed by atoms with Crippen LogP contribution in [0.3, 0.4) is 0 Å². The highest BCUT2D eigenvalue weighted by atomic mass is 19.1. The molecule has 0 saturated carbocycles. The van der Waals surface area contributed by atoms with E-state index < -0.39 is 11.6 Å². The van der Waals surface area contributed by atoms with Crippen LogP contribution >= 0.6 is 0 Å². The summed E-state index contributed by atoms with van der Waals surface area (Å²) >= 11 is 0. The van der Waals surface area contributed by atoms with Crippen molar-refractivity contribution in [3.05, 3.63) is 59.2 Å². The Balaban J connectivity index is 2.11. The predicted molar refractivity (Wildman–Crippen MR) is 62.0 cm³/mol. The van der Waals surface area contributed by atoms with E-state index in [2.05, 4.69) is 0 Å². The van der Waals surface area contributed by atoms with E-state index in [0.717, 1.165) is 11.6 Å². The summed E-state index contributed by atoms with van der Waals surface area (Å²) in [6.07, 6.45) is 0. The van der Waals surface area contributed by atoms with Gasteiger partial charge in [-0.1, -0.05) is 12.1 Å². The van der Waals surface area contributed by atoms with Gasteiger partial charge in [-0.05, 0) is 36.8 Å². The van der Waals surface area contributed by atoms with E-state index in [4.69, 9.17) is 4.74 Å². The molecule has 2 aromatic rings. The van der Waals surface area contributed by atoms with Gasteiger partial charge < -0.3 is 4.74 Å². The van der Waals surface area contributed by atoms with Crippen LogP contribution in [0.15, 0.2) is 36.4 Å². The molecule has 0 N–H and O–H groups in total. The Bertz CT molecular complexity index is 550.